The molecule has 104 valence electrons. The summed E-state index contributed by atoms with van der Waals surface area (Å²) in [6.45, 7) is 4.19. The Kier molecular flexibility index (Phi) is 4.80. The van der Waals surface area contributed by atoms with Gasteiger partial charge in [-0.3, -0.25) is 4.79 Å². The minimum absolute atomic E-state index is 0.148. The molecule has 0 heterocycles. The van der Waals surface area contributed by atoms with Gasteiger partial charge in [-0.1, -0.05) is 28.9 Å². The van der Waals surface area contributed by atoms with Crippen molar-refractivity contribution >= 4 is 21.7 Å². The number of methoxy groups -OCH3 is 1. The lowest BCUT2D eigenvalue weighted by atomic mass is 9.76. The number of aryl methyl sites for hydroxylation is 1. The van der Waals surface area contributed by atoms with E-state index >= 15 is 0 Å². The van der Waals surface area contributed by atoms with Crippen LogP contribution in [0.15, 0.2) is 22.7 Å². The number of carbonyl (C=O) groups excluding carboxylic acids is 1. The fourth-order valence-electron chi connectivity index (χ4n) is 3.04. The van der Waals surface area contributed by atoms with Crippen LogP contribution in [0.3, 0.4) is 0 Å². The lowest BCUT2D eigenvalue weighted by molar-refractivity contribution is 0.0163. The monoisotopic (exact) mass is 324 g/mol. The fourth-order valence-corrected chi connectivity index (χ4v) is 3.40. The molecule has 2 nitrogen and oxygen atoms in total. The number of Topliss-reactive ketones (excluding diaryl/α,β-unsaturated/α-hetero) is 1. The standard InChI is InChI=1S/C16H21BrO2/c1-10-4-6-13(17)9-14(10)16(18)12-5-7-15(19-3)11(2)8-12/h4,6,9,11-12,15H,5,7-8H2,1-3H3/t11-,12?,15-/m1/s1. The molecule has 1 aromatic rings. The quantitative estimate of drug-likeness (QED) is 0.771. The van der Waals surface area contributed by atoms with Crippen LogP contribution in [0.4, 0.5) is 0 Å². The van der Waals surface area contributed by atoms with Crippen molar-refractivity contribution in [3.8, 4) is 0 Å². The summed E-state index contributed by atoms with van der Waals surface area (Å²) in [4.78, 5) is 12.7. The zero-order valence-electron chi connectivity index (χ0n) is 11.8. The van der Waals surface area contributed by atoms with Gasteiger partial charge in [0, 0.05) is 23.1 Å². The van der Waals surface area contributed by atoms with Gasteiger partial charge in [-0.2, -0.15) is 0 Å². The smallest absolute Gasteiger partial charge is 0.166 e. The first-order valence-corrected chi connectivity index (χ1v) is 7.65. The number of halogens is 1. The molecule has 3 atom stereocenters. The topological polar surface area (TPSA) is 26.3 Å². The van der Waals surface area contributed by atoms with Gasteiger partial charge in [0.2, 0.25) is 0 Å². The van der Waals surface area contributed by atoms with E-state index < -0.39 is 0 Å². The maximum Gasteiger partial charge on any atom is 0.166 e. The number of rotatable bonds is 3. The molecule has 1 aromatic carbocycles. The third-order valence-corrected chi connectivity index (χ3v) is 4.72. The molecule has 1 aliphatic carbocycles. The van der Waals surface area contributed by atoms with E-state index in [1.54, 1.807) is 7.11 Å². The van der Waals surface area contributed by atoms with Crippen LogP contribution in [-0.4, -0.2) is 19.0 Å². The predicted octanol–water partition coefficient (Wildman–Crippen LogP) is 4.39. The average molecular weight is 325 g/mol. The average Bonchev–Trinajstić information content (AvgIpc) is 2.40. The lowest BCUT2D eigenvalue weighted by Gasteiger charge is -2.32. The van der Waals surface area contributed by atoms with Crippen molar-refractivity contribution in [2.45, 2.75) is 39.2 Å². The van der Waals surface area contributed by atoms with Crippen molar-refractivity contribution in [3.05, 3.63) is 33.8 Å². The van der Waals surface area contributed by atoms with Crippen molar-refractivity contribution < 1.29 is 9.53 Å². The zero-order chi connectivity index (χ0) is 14.0. The normalized spacial score (nSPS) is 27.3. The molecule has 0 aliphatic heterocycles. The largest absolute Gasteiger partial charge is 0.381 e. The molecule has 1 unspecified atom stereocenters. The van der Waals surface area contributed by atoms with Gasteiger partial charge < -0.3 is 4.74 Å². The highest BCUT2D eigenvalue weighted by molar-refractivity contribution is 9.10. The maximum atomic E-state index is 12.7. The minimum Gasteiger partial charge on any atom is -0.381 e. The summed E-state index contributed by atoms with van der Waals surface area (Å²) in [5.41, 5.74) is 1.93. The zero-order valence-corrected chi connectivity index (χ0v) is 13.4. The SMILES string of the molecule is CO[C@@H]1CCC(C(=O)c2cc(Br)ccc2C)C[C@H]1C. The molecular weight excluding hydrogens is 304 g/mol. The Balaban J connectivity index is 2.14. The minimum atomic E-state index is 0.148. The van der Waals surface area contributed by atoms with Crippen molar-refractivity contribution in [1.29, 1.82) is 0 Å². The van der Waals surface area contributed by atoms with Crippen LogP contribution in [-0.2, 0) is 4.74 Å². The summed E-state index contributed by atoms with van der Waals surface area (Å²) < 4.78 is 6.43. The van der Waals surface area contributed by atoms with Crippen molar-refractivity contribution in [3.63, 3.8) is 0 Å². The molecule has 3 heteroatoms. The molecular formula is C16H21BrO2. The summed E-state index contributed by atoms with van der Waals surface area (Å²) in [6, 6.07) is 5.93. The van der Waals surface area contributed by atoms with Crippen LogP contribution in [0.25, 0.3) is 0 Å². The highest BCUT2D eigenvalue weighted by atomic mass is 79.9. The van der Waals surface area contributed by atoms with Crippen LogP contribution in [0.2, 0.25) is 0 Å². The summed E-state index contributed by atoms with van der Waals surface area (Å²) in [6.07, 6.45) is 3.17. The Morgan fingerprint density at radius 1 is 1.37 bits per heavy atom. The molecule has 2 rings (SSSR count). The molecule has 1 fully saturated rings. The molecule has 1 aliphatic rings. The summed E-state index contributed by atoms with van der Waals surface area (Å²) in [5, 5.41) is 0. The van der Waals surface area contributed by atoms with Crippen molar-refractivity contribution in [1.82, 2.24) is 0 Å². The van der Waals surface area contributed by atoms with Crippen LogP contribution < -0.4 is 0 Å². The van der Waals surface area contributed by atoms with Crippen LogP contribution in [0.5, 0.6) is 0 Å². The van der Waals surface area contributed by atoms with Gasteiger partial charge in [0.15, 0.2) is 5.78 Å². The molecule has 1 saturated carbocycles. The van der Waals surface area contributed by atoms with E-state index in [9.17, 15) is 4.79 Å². The number of carbonyl (C=O) groups is 1. The van der Waals surface area contributed by atoms with Crippen molar-refractivity contribution in [2.75, 3.05) is 7.11 Å². The first kappa shape index (κ1) is 14.7. The Hall–Kier alpha value is -0.670. The van der Waals surface area contributed by atoms with E-state index in [4.69, 9.17) is 4.74 Å². The third-order valence-electron chi connectivity index (χ3n) is 4.23. The van der Waals surface area contributed by atoms with Crippen LogP contribution in [0, 0.1) is 18.8 Å². The second-order valence-electron chi connectivity index (χ2n) is 5.58. The summed E-state index contributed by atoms with van der Waals surface area (Å²) in [5.74, 6) is 0.898. The number of hydrogen-bond donors (Lipinski definition) is 0. The van der Waals surface area contributed by atoms with Gasteiger partial charge in [-0.15, -0.1) is 0 Å². The van der Waals surface area contributed by atoms with E-state index in [0.717, 1.165) is 34.9 Å². The molecule has 0 aromatic heterocycles. The molecule has 0 saturated heterocycles. The highest BCUT2D eigenvalue weighted by Gasteiger charge is 2.32. The maximum absolute atomic E-state index is 12.7. The van der Waals surface area contributed by atoms with Gasteiger partial charge in [0.05, 0.1) is 6.10 Å². The second-order valence-corrected chi connectivity index (χ2v) is 6.50. The Labute approximate surface area is 123 Å². The van der Waals surface area contributed by atoms with E-state index in [0.29, 0.717) is 17.8 Å². The van der Waals surface area contributed by atoms with E-state index in [2.05, 4.69) is 22.9 Å². The lowest BCUT2D eigenvalue weighted by Crippen LogP contribution is -2.32. The van der Waals surface area contributed by atoms with Gasteiger partial charge in [-0.25, -0.2) is 0 Å². The molecule has 0 bridgehead atoms. The Morgan fingerprint density at radius 2 is 2.11 bits per heavy atom. The predicted molar refractivity (Wildman–Crippen MR) is 80.5 cm³/mol. The van der Waals surface area contributed by atoms with Crippen LogP contribution in [0.1, 0.15) is 42.1 Å². The van der Waals surface area contributed by atoms with E-state index in [1.807, 2.05) is 25.1 Å². The van der Waals surface area contributed by atoms with Crippen LogP contribution >= 0.6 is 15.9 Å². The Bertz CT molecular complexity index is 470. The molecule has 0 spiro atoms. The third kappa shape index (κ3) is 3.26. The number of benzene rings is 1. The summed E-state index contributed by atoms with van der Waals surface area (Å²) in [7, 11) is 1.77. The summed E-state index contributed by atoms with van der Waals surface area (Å²) >= 11 is 3.45. The van der Waals surface area contributed by atoms with Gasteiger partial charge >= 0.3 is 0 Å². The first-order chi connectivity index (χ1) is 9.02. The van der Waals surface area contributed by atoms with Gasteiger partial charge in [-0.05, 0) is 49.8 Å². The molecule has 0 radical (unpaired) electrons. The number of ether oxygens (including phenoxy) is 1. The van der Waals surface area contributed by atoms with Gasteiger partial charge in [0.25, 0.3) is 0 Å². The first-order valence-electron chi connectivity index (χ1n) is 6.86. The van der Waals surface area contributed by atoms with Crippen molar-refractivity contribution in [2.24, 2.45) is 11.8 Å². The van der Waals surface area contributed by atoms with Gasteiger partial charge in [0.1, 0.15) is 0 Å². The second kappa shape index (κ2) is 6.19. The number of ketones is 1. The molecule has 19 heavy (non-hydrogen) atoms. The van der Waals surface area contributed by atoms with E-state index in [1.165, 1.54) is 0 Å². The highest BCUT2D eigenvalue weighted by Crippen LogP contribution is 2.33. The fraction of sp³-hybridized carbons (Fsp3) is 0.562. The molecule has 0 amide bonds. The Morgan fingerprint density at radius 3 is 2.74 bits per heavy atom. The number of hydrogen-bond acceptors (Lipinski definition) is 2. The van der Waals surface area contributed by atoms with E-state index in [-0.39, 0.29) is 5.92 Å². The molecule has 0 N–H and O–H groups in total.